The molecule has 1 aromatic carbocycles. The van der Waals surface area contributed by atoms with Crippen LogP contribution in [0.25, 0.3) is 0 Å². The first kappa shape index (κ1) is 14.3. The molecule has 0 aliphatic carbocycles. The zero-order valence-electron chi connectivity index (χ0n) is 8.82. The summed E-state index contributed by atoms with van der Waals surface area (Å²) in [6, 6.07) is 1.25. The average Bonchev–Trinajstić information content (AvgIpc) is 2.24. The second-order valence-corrected chi connectivity index (χ2v) is 3.24. The summed E-state index contributed by atoms with van der Waals surface area (Å²) in [7, 11) is 0.867. The molecular weight excluding hydrogens is 266 g/mol. The van der Waals surface area contributed by atoms with E-state index in [4.69, 9.17) is 0 Å². The molecule has 0 bridgehead atoms. The van der Waals surface area contributed by atoms with E-state index in [-0.39, 0.29) is 0 Å². The maximum atomic E-state index is 12.4. The number of alkyl halides is 6. The molecule has 0 aliphatic rings. The molecular formula is C10H6F6O2. The van der Waals surface area contributed by atoms with Crippen molar-refractivity contribution < 1.29 is 35.9 Å². The summed E-state index contributed by atoms with van der Waals surface area (Å²) in [6.45, 7) is 0. The molecule has 0 unspecified atom stereocenters. The summed E-state index contributed by atoms with van der Waals surface area (Å²) in [5.74, 6) is -3.06. The smallest absolute Gasteiger partial charge is 0.454 e. The van der Waals surface area contributed by atoms with Gasteiger partial charge in [0, 0.05) is 5.56 Å². The van der Waals surface area contributed by atoms with Crippen molar-refractivity contribution in [3.63, 3.8) is 0 Å². The molecule has 0 atom stereocenters. The molecule has 2 nitrogen and oxygen atoms in total. The van der Waals surface area contributed by atoms with E-state index in [1.54, 1.807) is 0 Å². The summed E-state index contributed by atoms with van der Waals surface area (Å²) in [6.07, 6.45) is -9.92. The quantitative estimate of drug-likeness (QED) is 0.608. The van der Waals surface area contributed by atoms with Crippen molar-refractivity contribution in [3.8, 4) is 5.75 Å². The van der Waals surface area contributed by atoms with Gasteiger partial charge in [0.1, 0.15) is 5.75 Å². The van der Waals surface area contributed by atoms with Gasteiger partial charge in [-0.1, -0.05) is 6.07 Å². The summed E-state index contributed by atoms with van der Waals surface area (Å²) in [5.41, 5.74) is -2.16. The van der Waals surface area contributed by atoms with Crippen LogP contribution in [0.2, 0.25) is 0 Å². The van der Waals surface area contributed by atoms with Gasteiger partial charge >= 0.3 is 12.4 Å². The van der Waals surface area contributed by atoms with Crippen LogP contribution in [-0.4, -0.2) is 19.1 Å². The van der Waals surface area contributed by atoms with Gasteiger partial charge in [0.25, 0.3) is 5.78 Å². The number of ether oxygens (including phenoxy) is 1. The summed E-state index contributed by atoms with van der Waals surface area (Å²) in [5, 5.41) is 0. The molecule has 0 saturated carbocycles. The van der Waals surface area contributed by atoms with Crippen LogP contribution >= 0.6 is 0 Å². The number of ketones is 1. The van der Waals surface area contributed by atoms with Gasteiger partial charge in [0.05, 0.1) is 12.7 Å². The first-order chi connectivity index (χ1) is 8.07. The minimum atomic E-state index is -5.15. The van der Waals surface area contributed by atoms with Gasteiger partial charge in [-0.15, -0.1) is 0 Å². The number of hydrogen-bond donors (Lipinski definition) is 0. The normalized spacial score (nSPS) is 12.4. The highest BCUT2D eigenvalue weighted by Crippen LogP contribution is 2.37. The van der Waals surface area contributed by atoms with E-state index in [9.17, 15) is 31.1 Å². The number of hydrogen-bond acceptors (Lipinski definition) is 2. The fraction of sp³-hybridized carbons (Fsp3) is 0.300. The second kappa shape index (κ2) is 4.51. The van der Waals surface area contributed by atoms with Gasteiger partial charge in [0.15, 0.2) is 0 Å². The number of halogens is 6. The second-order valence-electron chi connectivity index (χ2n) is 3.24. The van der Waals surface area contributed by atoms with Gasteiger partial charge in [0.2, 0.25) is 0 Å². The predicted octanol–water partition coefficient (Wildman–Crippen LogP) is 3.46. The van der Waals surface area contributed by atoms with Crippen molar-refractivity contribution in [2.24, 2.45) is 0 Å². The monoisotopic (exact) mass is 272 g/mol. The molecule has 0 N–H and O–H groups in total. The Morgan fingerprint density at radius 3 is 2.06 bits per heavy atom. The summed E-state index contributed by atoms with van der Waals surface area (Å²) >= 11 is 0. The van der Waals surface area contributed by atoms with Crippen LogP contribution in [-0.2, 0) is 6.18 Å². The number of methoxy groups -OCH3 is 1. The van der Waals surface area contributed by atoms with Gasteiger partial charge in [-0.25, -0.2) is 0 Å². The molecule has 0 aromatic heterocycles. The van der Waals surface area contributed by atoms with Gasteiger partial charge in [-0.2, -0.15) is 26.3 Å². The van der Waals surface area contributed by atoms with Crippen molar-refractivity contribution in [3.05, 3.63) is 29.3 Å². The Morgan fingerprint density at radius 2 is 1.67 bits per heavy atom. The van der Waals surface area contributed by atoms with Crippen LogP contribution in [0.4, 0.5) is 26.3 Å². The maximum Gasteiger partial charge on any atom is 0.454 e. The van der Waals surface area contributed by atoms with E-state index in [1.807, 2.05) is 0 Å². The number of carbonyl (C=O) groups is 1. The minimum absolute atomic E-state index is 0.373. The lowest BCUT2D eigenvalue weighted by atomic mass is 10.1. The van der Waals surface area contributed by atoms with Gasteiger partial charge in [-0.3, -0.25) is 4.79 Å². The Hall–Kier alpha value is -1.73. The third-order valence-electron chi connectivity index (χ3n) is 2.03. The molecule has 0 fully saturated rings. The summed E-state index contributed by atoms with van der Waals surface area (Å²) in [4.78, 5) is 10.8. The molecule has 0 radical (unpaired) electrons. The Balaban J connectivity index is 3.27. The Morgan fingerprint density at radius 1 is 1.11 bits per heavy atom. The zero-order valence-corrected chi connectivity index (χ0v) is 8.82. The summed E-state index contributed by atoms with van der Waals surface area (Å²) < 4.78 is 77.9. The Kier molecular flexibility index (Phi) is 3.59. The molecule has 100 valence electrons. The first-order valence-corrected chi connectivity index (χ1v) is 4.44. The van der Waals surface area contributed by atoms with Crippen molar-refractivity contribution in [2.45, 2.75) is 12.4 Å². The fourth-order valence-corrected chi connectivity index (χ4v) is 1.23. The lowest BCUT2D eigenvalue weighted by molar-refractivity contribution is -0.138. The van der Waals surface area contributed by atoms with Gasteiger partial charge in [-0.05, 0) is 12.1 Å². The third kappa shape index (κ3) is 2.93. The largest absolute Gasteiger partial charge is 0.496 e. The van der Waals surface area contributed by atoms with Crippen LogP contribution in [0.5, 0.6) is 5.75 Å². The SMILES string of the molecule is COc1cc(C(=O)C(F)(F)F)ccc1C(F)(F)F. The van der Waals surface area contributed by atoms with E-state index in [0.717, 1.165) is 7.11 Å². The van der Waals surface area contributed by atoms with E-state index in [1.165, 1.54) is 0 Å². The van der Waals surface area contributed by atoms with E-state index < -0.39 is 35.0 Å². The van der Waals surface area contributed by atoms with Crippen LogP contribution in [0.1, 0.15) is 15.9 Å². The van der Waals surface area contributed by atoms with Crippen molar-refractivity contribution in [1.29, 1.82) is 0 Å². The Bertz CT molecular complexity index is 460. The molecule has 1 aromatic rings. The van der Waals surface area contributed by atoms with Crippen LogP contribution in [0.15, 0.2) is 18.2 Å². The average molecular weight is 272 g/mol. The topological polar surface area (TPSA) is 26.3 Å². The highest BCUT2D eigenvalue weighted by molar-refractivity contribution is 6.00. The molecule has 18 heavy (non-hydrogen) atoms. The number of carbonyl (C=O) groups excluding carboxylic acids is 1. The molecule has 8 heteroatoms. The van der Waals surface area contributed by atoms with E-state index in [2.05, 4.69) is 4.74 Å². The van der Waals surface area contributed by atoms with Crippen LogP contribution < -0.4 is 4.74 Å². The highest BCUT2D eigenvalue weighted by atomic mass is 19.4. The number of Topliss-reactive ketones (excluding diaryl/α,β-unsaturated/α-hetero) is 1. The van der Waals surface area contributed by atoms with Crippen LogP contribution in [0, 0.1) is 0 Å². The fourth-order valence-electron chi connectivity index (χ4n) is 1.23. The first-order valence-electron chi connectivity index (χ1n) is 4.44. The molecule has 0 spiro atoms. The molecule has 1 rings (SSSR count). The molecule has 0 heterocycles. The maximum absolute atomic E-state index is 12.4. The van der Waals surface area contributed by atoms with Crippen molar-refractivity contribution >= 4 is 5.78 Å². The molecule has 0 saturated heterocycles. The van der Waals surface area contributed by atoms with Crippen molar-refractivity contribution in [1.82, 2.24) is 0 Å². The van der Waals surface area contributed by atoms with E-state index in [0.29, 0.717) is 18.2 Å². The lowest BCUT2D eigenvalue weighted by Crippen LogP contribution is -2.23. The predicted molar refractivity (Wildman–Crippen MR) is 48.4 cm³/mol. The molecule has 0 amide bonds. The highest BCUT2D eigenvalue weighted by Gasteiger charge is 2.41. The minimum Gasteiger partial charge on any atom is -0.496 e. The zero-order chi connectivity index (χ0) is 14.1. The van der Waals surface area contributed by atoms with Crippen molar-refractivity contribution in [2.75, 3.05) is 7.11 Å². The lowest BCUT2D eigenvalue weighted by Gasteiger charge is -2.13. The molecule has 0 aliphatic heterocycles. The van der Waals surface area contributed by atoms with E-state index >= 15 is 0 Å². The standard InChI is InChI=1S/C10H6F6O2/c1-18-7-4-5(8(17)10(14,15)16)2-3-6(7)9(11,12)13/h2-4H,1H3. The van der Waals surface area contributed by atoms with Crippen LogP contribution in [0.3, 0.4) is 0 Å². The van der Waals surface area contributed by atoms with Gasteiger partial charge < -0.3 is 4.74 Å². The number of rotatable bonds is 2. The third-order valence-corrected chi connectivity index (χ3v) is 2.03. The number of benzene rings is 1. The Labute approximate surface area is 97.2 Å².